The van der Waals surface area contributed by atoms with E-state index in [1.807, 2.05) is 24.3 Å². The molecule has 0 unspecified atom stereocenters. The Hall–Kier alpha value is -2.37. The van der Waals surface area contributed by atoms with Gasteiger partial charge in [-0.25, -0.2) is 0 Å². The maximum absolute atomic E-state index is 12.3. The fourth-order valence-corrected chi connectivity index (χ4v) is 3.52. The highest BCUT2D eigenvalue weighted by Gasteiger charge is 2.29. The molecule has 1 aromatic carbocycles. The number of nitrogens with zero attached hydrogens (tertiary/aromatic N) is 1. The number of fused-ring (bicyclic) bond motifs is 1. The summed E-state index contributed by atoms with van der Waals surface area (Å²) in [5.41, 5.74) is 7.31. The Morgan fingerprint density at radius 3 is 2.62 bits per heavy atom. The van der Waals surface area contributed by atoms with Gasteiger partial charge in [0.25, 0.3) is 0 Å². The van der Waals surface area contributed by atoms with Gasteiger partial charge in [0.2, 0.25) is 17.7 Å². The van der Waals surface area contributed by atoms with Crippen molar-refractivity contribution in [3.8, 4) is 0 Å². The third-order valence-corrected chi connectivity index (χ3v) is 5.07. The highest BCUT2D eigenvalue weighted by Crippen LogP contribution is 2.28. The first-order valence-corrected chi connectivity index (χ1v) is 8.50. The van der Waals surface area contributed by atoms with Crippen molar-refractivity contribution < 1.29 is 14.4 Å². The van der Waals surface area contributed by atoms with Crippen LogP contribution in [0.15, 0.2) is 24.3 Å². The summed E-state index contributed by atoms with van der Waals surface area (Å²) in [5.74, 6) is -0.500. The number of hydrogen-bond donors (Lipinski definition) is 2. The molecule has 2 aliphatic heterocycles. The van der Waals surface area contributed by atoms with E-state index in [9.17, 15) is 14.4 Å². The van der Waals surface area contributed by atoms with Crippen molar-refractivity contribution in [1.82, 2.24) is 4.90 Å². The second-order valence-electron chi connectivity index (χ2n) is 6.64. The molecule has 6 nitrogen and oxygen atoms in total. The predicted molar refractivity (Wildman–Crippen MR) is 90.0 cm³/mol. The largest absolute Gasteiger partial charge is 0.369 e. The number of rotatable bonds is 4. The van der Waals surface area contributed by atoms with Gasteiger partial charge < -0.3 is 16.0 Å². The molecular weight excluding hydrogens is 306 g/mol. The van der Waals surface area contributed by atoms with Crippen LogP contribution in [0.2, 0.25) is 0 Å². The van der Waals surface area contributed by atoms with E-state index in [0.29, 0.717) is 45.2 Å². The average molecular weight is 329 g/mol. The minimum atomic E-state index is -0.278. The van der Waals surface area contributed by atoms with Crippen molar-refractivity contribution in [3.63, 3.8) is 0 Å². The average Bonchev–Trinajstić information content (AvgIpc) is 2.59. The SMILES string of the molecule is NC(=O)C1CCN(C(=O)CC[C@@H]2Cc3ccccc3NC2=O)CC1. The molecule has 6 heteroatoms. The second-order valence-corrected chi connectivity index (χ2v) is 6.64. The van der Waals surface area contributed by atoms with E-state index in [1.54, 1.807) is 4.90 Å². The van der Waals surface area contributed by atoms with Crippen molar-refractivity contribution in [2.24, 2.45) is 17.6 Å². The van der Waals surface area contributed by atoms with Gasteiger partial charge in [0.15, 0.2) is 0 Å². The van der Waals surface area contributed by atoms with Crippen LogP contribution < -0.4 is 11.1 Å². The fraction of sp³-hybridized carbons (Fsp3) is 0.500. The highest BCUT2D eigenvalue weighted by atomic mass is 16.2. The summed E-state index contributed by atoms with van der Waals surface area (Å²) in [6.07, 6.45) is 2.87. The minimum absolute atomic E-state index is 0.00561. The molecule has 1 fully saturated rings. The summed E-state index contributed by atoms with van der Waals surface area (Å²) in [5, 5.41) is 2.92. The van der Waals surface area contributed by atoms with Crippen LogP contribution in [0, 0.1) is 11.8 Å². The number of para-hydroxylation sites is 1. The summed E-state index contributed by atoms with van der Waals surface area (Å²) in [6, 6.07) is 7.77. The third kappa shape index (κ3) is 3.58. The maximum atomic E-state index is 12.3. The van der Waals surface area contributed by atoms with Gasteiger partial charge in [-0.1, -0.05) is 18.2 Å². The van der Waals surface area contributed by atoms with Gasteiger partial charge >= 0.3 is 0 Å². The van der Waals surface area contributed by atoms with Gasteiger partial charge in [-0.15, -0.1) is 0 Å². The van der Waals surface area contributed by atoms with Crippen LogP contribution >= 0.6 is 0 Å². The number of nitrogens with two attached hydrogens (primary N) is 1. The molecule has 3 N–H and O–H groups in total. The Labute approximate surface area is 141 Å². The number of primary amides is 1. The topological polar surface area (TPSA) is 92.5 Å². The van der Waals surface area contributed by atoms with Crippen LogP contribution in [0.5, 0.6) is 0 Å². The lowest BCUT2D eigenvalue weighted by Crippen LogP contribution is -2.42. The predicted octanol–water partition coefficient (Wildman–Crippen LogP) is 1.30. The Kier molecular flexibility index (Phi) is 4.83. The van der Waals surface area contributed by atoms with E-state index in [2.05, 4.69) is 5.32 Å². The second kappa shape index (κ2) is 7.03. The molecule has 0 spiro atoms. The molecule has 0 aliphatic carbocycles. The van der Waals surface area contributed by atoms with E-state index in [-0.39, 0.29) is 29.6 Å². The van der Waals surface area contributed by atoms with E-state index >= 15 is 0 Å². The van der Waals surface area contributed by atoms with E-state index < -0.39 is 0 Å². The summed E-state index contributed by atoms with van der Waals surface area (Å²) in [7, 11) is 0. The van der Waals surface area contributed by atoms with E-state index in [1.165, 1.54) is 0 Å². The standard InChI is InChI=1S/C18H23N3O3/c19-17(23)12-7-9-21(10-8-12)16(22)6-5-14-11-13-3-1-2-4-15(13)20-18(14)24/h1-4,12,14H,5-11H2,(H2,19,23)(H,20,24)/t14-/m1/s1. The lowest BCUT2D eigenvalue weighted by Gasteiger charge is -2.31. The molecule has 0 saturated carbocycles. The molecule has 24 heavy (non-hydrogen) atoms. The van der Waals surface area contributed by atoms with Gasteiger partial charge in [0, 0.05) is 37.0 Å². The first kappa shape index (κ1) is 16.5. The number of nitrogens with one attached hydrogen (secondary N) is 1. The smallest absolute Gasteiger partial charge is 0.227 e. The van der Waals surface area contributed by atoms with Crippen LogP contribution in [0.4, 0.5) is 5.69 Å². The van der Waals surface area contributed by atoms with Gasteiger partial charge in [-0.2, -0.15) is 0 Å². The highest BCUT2D eigenvalue weighted by molar-refractivity contribution is 5.96. The number of carbonyl (C=O) groups is 3. The lowest BCUT2D eigenvalue weighted by atomic mass is 9.89. The number of benzene rings is 1. The van der Waals surface area contributed by atoms with Crippen LogP contribution in [0.1, 0.15) is 31.2 Å². The van der Waals surface area contributed by atoms with Crippen LogP contribution in [0.3, 0.4) is 0 Å². The Morgan fingerprint density at radius 1 is 1.21 bits per heavy atom. The zero-order valence-corrected chi connectivity index (χ0v) is 13.7. The van der Waals surface area contributed by atoms with Crippen molar-refractivity contribution in [1.29, 1.82) is 0 Å². The van der Waals surface area contributed by atoms with E-state index in [4.69, 9.17) is 5.73 Å². The normalized spacial score (nSPS) is 21.1. The number of piperidine rings is 1. The molecule has 128 valence electrons. The first-order chi connectivity index (χ1) is 11.5. The van der Waals surface area contributed by atoms with Gasteiger partial charge in [0.05, 0.1) is 0 Å². The van der Waals surface area contributed by atoms with Crippen LogP contribution in [-0.4, -0.2) is 35.7 Å². The van der Waals surface area contributed by atoms with E-state index in [0.717, 1.165) is 11.3 Å². The lowest BCUT2D eigenvalue weighted by molar-refractivity contribution is -0.135. The van der Waals surface area contributed by atoms with Gasteiger partial charge in [0.1, 0.15) is 0 Å². The number of amides is 3. The van der Waals surface area contributed by atoms with Crippen LogP contribution in [-0.2, 0) is 20.8 Å². The Morgan fingerprint density at radius 2 is 1.92 bits per heavy atom. The minimum Gasteiger partial charge on any atom is -0.369 e. The molecule has 0 aromatic heterocycles. The molecule has 1 saturated heterocycles. The molecule has 3 rings (SSSR count). The van der Waals surface area contributed by atoms with Gasteiger partial charge in [-0.05, 0) is 37.3 Å². The third-order valence-electron chi connectivity index (χ3n) is 5.07. The quantitative estimate of drug-likeness (QED) is 0.872. The molecule has 2 heterocycles. The molecule has 3 amide bonds. The summed E-state index contributed by atoms with van der Waals surface area (Å²) in [4.78, 5) is 37.5. The molecule has 1 atom stereocenters. The summed E-state index contributed by atoms with van der Waals surface area (Å²) >= 11 is 0. The number of carbonyl (C=O) groups excluding carboxylic acids is 3. The fourth-order valence-electron chi connectivity index (χ4n) is 3.52. The van der Waals surface area contributed by atoms with Crippen molar-refractivity contribution in [2.45, 2.75) is 32.1 Å². The Bertz CT molecular complexity index is 651. The summed E-state index contributed by atoms with van der Waals surface area (Å²) < 4.78 is 0. The van der Waals surface area contributed by atoms with Crippen LogP contribution in [0.25, 0.3) is 0 Å². The number of likely N-dealkylation sites (tertiary alicyclic amines) is 1. The molecule has 1 aromatic rings. The molecule has 0 bridgehead atoms. The molecule has 0 radical (unpaired) electrons. The zero-order valence-electron chi connectivity index (χ0n) is 13.7. The van der Waals surface area contributed by atoms with Gasteiger partial charge in [-0.3, -0.25) is 14.4 Å². The number of hydrogen-bond acceptors (Lipinski definition) is 3. The molecular formula is C18H23N3O3. The monoisotopic (exact) mass is 329 g/mol. The summed E-state index contributed by atoms with van der Waals surface area (Å²) in [6.45, 7) is 1.15. The van der Waals surface area contributed by atoms with Crippen molar-refractivity contribution in [2.75, 3.05) is 18.4 Å². The first-order valence-electron chi connectivity index (χ1n) is 8.50. The van der Waals surface area contributed by atoms with Crippen molar-refractivity contribution in [3.05, 3.63) is 29.8 Å². The number of anilines is 1. The molecule has 2 aliphatic rings. The Balaban J connectivity index is 1.50. The maximum Gasteiger partial charge on any atom is 0.227 e. The van der Waals surface area contributed by atoms with Crippen molar-refractivity contribution >= 4 is 23.4 Å². The zero-order chi connectivity index (χ0) is 17.1.